The summed E-state index contributed by atoms with van der Waals surface area (Å²) in [6, 6.07) is -1.58. The van der Waals surface area contributed by atoms with E-state index in [9.17, 15) is 28.8 Å². The first-order valence-corrected chi connectivity index (χ1v) is 23.0. The minimum absolute atomic E-state index is 0.0855. The summed E-state index contributed by atoms with van der Waals surface area (Å²) in [6.45, 7) is 16.9. The van der Waals surface area contributed by atoms with Crippen molar-refractivity contribution < 1.29 is 28.8 Å². The van der Waals surface area contributed by atoms with Crippen molar-refractivity contribution in [3.63, 3.8) is 0 Å². The second-order valence-corrected chi connectivity index (χ2v) is 18.0. The SMILES string of the molecule is C#C.C1CCCCC1.CC(=O)C(=O)N[C@@H](C)C1CCCCC1.CCC.C[C@H](CCN(C(=O)C(NC(=O)CNC(=O)c1cnccn1)C(C)(C)C)[C@@H](C)C(N)=O)C1CCCCC1. The van der Waals surface area contributed by atoms with Gasteiger partial charge in [0.2, 0.25) is 23.5 Å². The molecule has 1 aromatic rings. The highest BCUT2D eigenvalue weighted by Gasteiger charge is 2.38. The van der Waals surface area contributed by atoms with E-state index in [1.807, 2.05) is 27.7 Å². The molecular formula is C48H83N7O6. The van der Waals surface area contributed by atoms with Gasteiger partial charge in [-0.3, -0.25) is 33.8 Å². The third-order valence-corrected chi connectivity index (χ3v) is 11.6. The molecule has 3 saturated carbocycles. The Morgan fingerprint density at radius 1 is 0.787 bits per heavy atom. The summed E-state index contributed by atoms with van der Waals surface area (Å²) in [6.07, 6.45) is 35.4. The normalized spacial score (nSPS) is 17.3. The van der Waals surface area contributed by atoms with Gasteiger partial charge in [-0.05, 0) is 56.3 Å². The molecule has 0 saturated heterocycles. The molecule has 5 amide bonds. The number of hydrogen-bond donors (Lipinski definition) is 4. The topological polar surface area (TPSA) is 194 Å². The minimum Gasteiger partial charge on any atom is -0.368 e. The van der Waals surface area contributed by atoms with Crippen LogP contribution in [0.3, 0.4) is 0 Å². The highest BCUT2D eigenvalue weighted by Crippen LogP contribution is 2.32. The van der Waals surface area contributed by atoms with E-state index < -0.39 is 46.9 Å². The van der Waals surface area contributed by atoms with Crippen molar-refractivity contribution in [1.29, 1.82) is 0 Å². The van der Waals surface area contributed by atoms with Gasteiger partial charge in [0.05, 0.1) is 12.7 Å². The Morgan fingerprint density at radius 2 is 1.26 bits per heavy atom. The lowest BCUT2D eigenvalue weighted by atomic mass is 9.79. The maximum atomic E-state index is 13.7. The van der Waals surface area contributed by atoms with Gasteiger partial charge in [-0.2, -0.15) is 0 Å². The number of carbonyl (C=O) groups is 6. The lowest BCUT2D eigenvalue weighted by Gasteiger charge is -2.38. The third-order valence-electron chi connectivity index (χ3n) is 11.6. The molecular weight excluding hydrogens is 771 g/mol. The van der Waals surface area contributed by atoms with Crippen LogP contribution in [0.5, 0.6) is 0 Å². The first-order valence-electron chi connectivity index (χ1n) is 23.0. The van der Waals surface area contributed by atoms with E-state index >= 15 is 0 Å². The second-order valence-electron chi connectivity index (χ2n) is 18.0. The number of nitrogens with one attached hydrogen (secondary N) is 3. The Labute approximate surface area is 369 Å². The highest BCUT2D eigenvalue weighted by molar-refractivity contribution is 6.35. The van der Waals surface area contributed by atoms with E-state index in [4.69, 9.17) is 5.73 Å². The Kier molecular flexibility index (Phi) is 30.1. The van der Waals surface area contributed by atoms with Crippen LogP contribution in [0.2, 0.25) is 0 Å². The Hall–Kier alpha value is -4.34. The average Bonchev–Trinajstić information content (AvgIpc) is 3.27. The molecule has 13 heteroatoms. The van der Waals surface area contributed by atoms with Crippen LogP contribution in [0.1, 0.15) is 188 Å². The van der Waals surface area contributed by atoms with Crippen molar-refractivity contribution in [3.8, 4) is 12.8 Å². The first kappa shape index (κ1) is 56.7. The van der Waals surface area contributed by atoms with Gasteiger partial charge >= 0.3 is 0 Å². The molecule has 3 aliphatic rings. The fraction of sp³-hybridized carbons (Fsp3) is 0.750. The van der Waals surface area contributed by atoms with Crippen LogP contribution in [0.4, 0.5) is 0 Å². The van der Waals surface area contributed by atoms with Crippen LogP contribution >= 0.6 is 0 Å². The van der Waals surface area contributed by atoms with Crippen molar-refractivity contribution in [2.45, 2.75) is 196 Å². The minimum atomic E-state index is -0.912. The number of amides is 5. The van der Waals surface area contributed by atoms with Gasteiger partial charge in [0, 0.05) is 31.9 Å². The summed E-state index contributed by atoms with van der Waals surface area (Å²) in [5.74, 6) is -1.26. The fourth-order valence-electron chi connectivity index (χ4n) is 7.74. The molecule has 0 aliphatic heterocycles. The summed E-state index contributed by atoms with van der Waals surface area (Å²) in [5.41, 5.74) is 5.03. The molecule has 1 heterocycles. The molecule has 1 aromatic heterocycles. The van der Waals surface area contributed by atoms with Crippen LogP contribution in [0, 0.1) is 36.0 Å². The number of primary amides is 1. The number of nitrogens with two attached hydrogens (primary N) is 1. The lowest BCUT2D eigenvalue weighted by Crippen LogP contribution is -2.59. The van der Waals surface area contributed by atoms with E-state index in [1.54, 1.807) is 6.92 Å². The maximum Gasteiger partial charge on any atom is 0.287 e. The smallest absolute Gasteiger partial charge is 0.287 e. The number of carbonyl (C=O) groups excluding carboxylic acids is 6. The molecule has 4 atom stereocenters. The molecule has 3 fully saturated rings. The molecule has 0 bridgehead atoms. The van der Waals surface area contributed by atoms with Crippen molar-refractivity contribution in [1.82, 2.24) is 30.8 Å². The van der Waals surface area contributed by atoms with Crippen molar-refractivity contribution in [2.24, 2.45) is 28.9 Å². The standard InChI is InChI=1S/C26H42N6O4.C11H19NO2.C6H12.C3H8.C2H2/c1-17(19-9-7-6-8-10-19)11-14-32(18(2)23(27)34)25(36)22(26(3,4)5)31-21(33)16-30-24(35)20-15-28-12-13-29-20;1-8(12-11(14)9(2)13)10-6-4-3-5-7-10;1-2-4-6-5-3-1;1-3-2;1-2/h12-13,15,17-19,22H,6-11,14,16H2,1-5H3,(H2,27,34)(H,30,35)(H,31,33);8,10H,3-7H2,1-2H3,(H,12,14);1-6H2;3H2,1-2H3;1-2H/t17-,18+,22?;8-;;;/m10.../s1. The number of hydrogen-bond acceptors (Lipinski definition) is 8. The van der Waals surface area contributed by atoms with E-state index in [0.29, 0.717) is 24.3 Å². The number of rotatable bonds is 14. The van der Waals surface area contributed by atoms with Crippen LogP contribution in [-0.2, 0) is 24.0 Å². The molecule has 4 rings (SSSR count). The zero-order valence-electron chi connectivity index (χ0n) is 39.4. The zero-order valence-corrected chi connectivity index (χ0v) is 39.4. The molecule has 1 unspecified atom stereocenters. The third kappa shape index (κ3) is 24.0. The molecule has 13 nitrogen and oxygen atoms in total. The maximum absolute atomic E-state index is 13.7. The second kappa shape index (κ2) is 32.4. The summed E-state index contributed by atoms with van der Waals surface area (Å²) in [5, 5.41) is 8.00. The number of terminal acetylenes is 1. The van der Waals surface area contributed by atoms with Crippen LogP contribution in [0.25, 0.3) is 0 Å². The predicted molar refractivity (Wildman–Crippen MR) is 245 cm³/mol. The zero-order chi connectivity index (χ0) is 46.4. The number of ketones is 1. The van der Waals surface area contributed by atoms with Crippen LogP contribution in [0.15, 0.2) is 18.6 Å². The molecule has 5 N–H and O–H groups in total. The first-order chi connectivity index (χ1) is 28.9. The van der Waals surface area contributed by atoms with Crippen molar-refractivity contribution in [2.75, 3.05) is 13.1 Å². The number of Topliss-reactive ketones (excluding diaryl/α,β-unsaturated/α-hetero) is 1. The van der Waals surface area contributed by atoms with E-state index in [0.717, 1.165) is 6.42 Å². The average molecular weight is 854 g/mol. The van der Waals surface area contributed by atoms with Gasteiger partial charge in [-0.25, -0.2) is 4.98 Å². The summed E-state index contributed by atoms with van der Waals surface area (Å²) >= 11 is 0. The number of nitrogens with zero attached hydrogens (tertiary/aromatic N) is 3. The van der Waals surface area contributed by atoms with Crippen LogP contribution < -0.4 is 21.7 Å². The molecule has 3 aliphatic carbocycles. The largest absolute Gasteiger partial charge is 0.368 e. The predicted octanol–water partition coefficient (Wildman–Crippen LogP) is 7.71. The van der Waals surface area contributed by atoms with Crippen molar-refractivity contribution in [3.05, 3.63) is 24.3 Å². The van der Waals surface area contributed by atoms with Gasteiger partial charge < -0.3 is 26.6 Å². The van der Waals surface area contributed by atoms with Crippen LogP contribution in [-0.4, -0.2) is 81.4 Å². The number of aromatic nitrogens is 2. The molecule has 61 heavy (non-hydrogen) atoms. The fourth-order valence-corrected chi connectivity index (χ4v) is 7.74. The summed E-state index contributed by atoms with van der Waals surface area (Å²) < 4.78 is 0. The Bertz CT molecular complexity index is 1420. The monoisotopic (exact) mass is 854 g/mol. The molecule has 0 spiro atoms. The summed E-state index contributed by atoms with van der Waals surface area (Å²) in [7, 11) is 0. The van der Waals surface area contributed by atoms with Crippen molar-refractivity contribution >= 4 is 35.3 Å². The molecule has 0 aromatic carbocycles. The molecule has 0 radical (unpaired) electrons. The Morgan fingerprint density at radius 3 is 1.69 bits per heavy atom. The molecule has 346 valence electrons. The van der Waals surface area contributed by atoms with E-state index in [-0.39, 0.29) is 24.2 Å². The highest BCUT2D eigenvalue weighted by atomic mass is 16.2. The van der Waals surface area contributed by atoms with Gasteiger partial charge in [0.25, 0.3) is 11.8 Å². The summed E-state index contributed by atoms with van der Waals surface area (Å²) in [4.78, 5) is 81.8. The lowest BCUT2D eigenvalue weighted by molar-refractivity contribution is -0.144. The van der Waals surface area contributed by atoms with Gasteiger partial charge in [0.15, 0.2) is 0 Å². The van der Waals surface area contributed by atoms with E-state index in [2.05, 4.69) is 59.5 Å². The van der Waals surface area contributed by atoms with Gasteiger partial charge in [-0.15, -0.1) is 12.8 Å². The van der Waals surface area contributed by atoms with Gasteiger partial charge in [0.1, 0.15) is 17.8 Å². The quantitative estimate of drug-likeness (QED) is 0.108. The van der Waals surface area contributed by atoms with Gasteiger partial charge in [-0.1, -0.05) is 138 Å². The van der Waals surface area contributed by atoms with E-state index in [1.165, 1.54) is 140 Å². The Balaban J connectivity index is 0.00000116.